The standard InChI is InChI=1S/C10H12Cl2N2S/c1-13-10(14-2)15-6-7-8(11)4-3-5-9(7)12/h3-5H,6H2,1-2H3,(H,13,14). The van der Waals surface area contributed by atoms with Crippen LogP contribution in [-0.4, -0.2) is 19.3 Å². The van der Waals surface area contributed by atoms with Crippen LogP contribution in [0.1, 0.15) is 5.56 Å². The molecule has 0 saturated heterocycles. The average Bonchev–Trinajstić information content (AvgIpc) is 2.23. The Bertz CT molecular complexity index is 346. The van der Waals surface area contributed by atoms with Gasteiger partial charge in [-0.25, -0.2) is 0 Å². The van der Waals surface area contributed by atoms with Crippen molar-refractivity contribution in [1.29, 1.82) is 0 Å². The first kappa shape index (κ1) is 12.7. The highest BCUT2D eigenvalue weighted by Crippen LogP contribution is 2.28. The fraction of sp³-hybridized carbons (Fsp3) is 0.300. The number of hydrogen-bond donors (Lipinski definition) is 1. The van der Waals surface area contributed by atoms with E-state index in [-0.39, 0.29) is 0 Å². The zero-order chi connectivity index (χ0) is 11.3. The van der Waals surface area contributed by atoms with Gasteiger partial charge in [0.15, 0.2) is 5.17 Å². The Hall–Kier alpha value is -0.380. The van der Waals surface area contributed by atoms with Gasteiger partial charge in [0.25, 0.3) is 0 Å². The van der Waals surface area contributed by atoms with E-state index in [4.69, 9.17) is 23.2 Å². The van der Waals surface area contributed by atoms with Gasteiger partial charge in [-0.05, 0) is 17.7 Å². The molecule has 0 radical (unpaired) electrons. The minimum atomic E-state index is 0.696. The van der Waals surface area contributed by atoms with Gasteiger partial charge in [-0.2, -0.15) is 0 Å². The first-order valence-electron chi connectivity index (χ1n) is 4.39. The normalized spacial score (nSPS) is 11.6. The number of aliphatic imine (C=N–C) groups is 1. The Kier molecular flexibility index (Phi) is 5.29. The van der Waals surface area contributed by atoms with Crippen molar-refractivity contribution in [2.45, 2.75) is 5.75 Å². The SMILES string of the molecule is CN=C(NC)SCc1c(Cl)cccc1Cl. The predicted octanol–water partition coefficient (Wildman–Crippen LogP) is 3.43. The summed E-state index contributed by atoms with van der Waals surface area (Å²) in [6, 6.07) is 5.52. The number of nitrogens with one attached hydrogen (secondary N) is 1. The first-order chi connectivity index (χ1) is 7.19. The number of amidine groups is 1. The lowest BCUT2D eigenvalue weighted by Crippen LogP contribution is -2.14. The Morgan fingerprint density at radius 2 is 2.00 bits per heavy atom. The van der Waals surface area contributed by atoms with Gasteiger partial charge in [-0.1, -0.05) is 41.0 Å². The second kappa shape index (κ2) is 6.26. The van der Waals surface area contributed by atoms with Gasteiger partial charge in [-0.3, -0.25) is 4.99 Å². The van der Waals surface area contributed by atoms with Gasteiger partial charge < -0.3 is 5.32 Å². The van der Waals surface area contributed by atoms with Crippen molar-refractivity contribution in [1.82, 2.24) is 5.32 Å². The summed E-state index contributed by atoms with van der Waals surface area (Å²) in [7, 11) is 3.58. The van der Waals surface area contributed by atoms with Gasteiger partial charge in [0, 0.05) is 29.9 Å². The van der Waals surface area contributed by atoms with E-state index in [2.05, 4.69) is 10.3 Å². The number of halogens is 2. The summed E-state index contributed by atoms with van der Waals surface area (Å²) in [5.74, 6) is 0.714. The zero-order valence-corrected chi connectivity index (χ0v) is 10.9. The summed E-state index contributed by atoms with van der Waals surface area (Å²) in [5.41, 5.74) is 0.947. The molecule has 1 aromatic carbocycles. The number of thioether (sulfide) groups is 1. The molecule has 0 spiro atoms. The lowest BCUT2D eigenvalue weighted by molar-refractivity contribution is 1.18. The second-order valence-corrected chi connectivity index (χ2v) is 4.55. The van der Waals surface area contributed by atoms with E-state index < -0.39 is 0 Å². The van der Waals surface area contributed by atoms with Gasteiger partial charge in [0.1, 0.15) is 0 Å². The summed E-state index contributed by atoms with van der Waals surface area (Å²) in [6.07, 6.45) is 0. The van der Waals surface area contributed by atoms with Gasteiger partial charge >= 0.3 is 0 Å². The Morgan fingerprint density at radius 3 is 2.47 bits per heavy atom. The molecule has 0 bridgehead atoms. The molecule has 1 aromatic rings. The van der Waals surface area contributed by atoms with Crippen LogP contribution in [0, 0.1) is 0 Å². The minimum absolute atomic E-state index is 0.696. The highest BCUT2D eigenvalue weighted by molar-refractivity contribution is 8.13. The average molecular weight is 263 g/mol. The molecule has 0 amide bonds. The van der Waals surface area contributed by atoms with E-state index in [1.165, 1.54) is 0 Å². The van der Waals surface area contributed by atoms with Gasteiger partial charge in [0.05, 0.1) is 0 Å². The summed E-state index contributed by atoms with van der Waals surface area (Å²) < 4.78 is 0. The van der Waals surface area contributed by atoms with E-state index in [1.54, 1.807) is 18.8 Å². The topological polar surface area (TPSA) is 24.4 Å². The molecule has 82 valence electrons. The van der Waals surface area contributed by atoms with Gasteiger partial charge in [-0.15, -0.1) is 0 Å². The van der Waals surface area contributed by atoms with E-state index in [9.17, 15) is 0 Å². The predicted molar refractivity (Wildman–Crippen MR) is 70.2 cm³/mol. The Balaban J connectivity index is 2.73. The number of benzene rings is 1. The molecule has 1 N–H and O–H groups in total. The summed E-state index contributed by atoms with van der Waals surface area (Å²) in [5, 5.41) is 5.25. The Labute approximate surface area is 104 Å². The molecule has 0 aliphatic rings. The van der Waals surface area contributed by atoms with Crippen LogP contribution in [0.3, 0.4) is 0 Å². The molecule has 0 aromatic heterocycles. The van der Waals surface area contributed by atoms with Crippen molar-refractivity contribution in [2.24, 2.45) is 4.99 Å². The van der Waals surface area contributed by atoms with Crippen molar-refractivity contribution in [2.75, 3.05) is 14.1 Å². The van der Waals surface area contributed by atoms with Crippen molar-refractivity contribution in [3.63, 3.8) is 0 Å². The quantitative estimate of drug-likeness (QED) is 0.653. The first-order valence-corrected chi connectivity index (χ1v) is 6.13. The fourth-order valence-electron chi connectivity index (χ4n) is 1.06. The molecule has 0 atom stereocenters. The van der Waals surface area contributed by atoms with Crippen LogP contribution < -0.4 is 5.32 Å². The van der Waals surface area contributed by atoms with Crippen LogP contribution >= 0.6 is 35.0 Å². The maximum atomic E-state index is 6.04. The molecular formula is C10H12Cl2N2S. The third-order valence-electron chi connectivity index (χ3n) is 1.83. The monoisotopic (exact) mass is 262 g/mol. The van der Waals surface area contributed by atoms with E-state index in [0.717, 1.165) is 10.7 Å². The molecule has 1 rings (SSSR count). The fourth-order valence-corrected chi connectivity index (χ4v) is 2.61. The molecule has 0 fully saturated rings. The van der Waals surface area contributed by atoms with Crippen LogP contribution in [-0.2, 0) is 5.75 Å². The van der Waals surface area contributed by atoms with Crippen LogP contribution in [0.4, 0.5) is 0 Å². The third kappa shape index (κ3) is 3.59. The lowest BCUT2D eigenvalue weighted by Gasteiger charge is -2.07. The van der Waals surface area contributed by atoms with E-state index >= 15 is 0 Å². The van der Waals surface area contributed by atoms with Crippen molar-refractivity contribution in [3.8, 4) is 0 Å². The number of hydrogen-bond acceptors (Lipinski definition) is 2. The van der Waals surface area contributed by atoms with Crippen LogP contribution in [0.25, 0.3) is 0 Å². The number of nitrogens with zero attached hydrogens (tertiary/aromatic N) is 1. The molecule has 0 heterocycles. The number of rotatable bonds is 2. The van der Waals surface area contributed by atoms with Crippen molar-refractivity contribution >= 4 is 40.1 Å². The van der Waals surface area contributed by atoms with Crippen molar-refractivity contribution < 1.29 is 0 Å². The molecular weight excluding hydrogens is 251 g/mol. The smallest absolute Gasteiger partial charge is 0.156 e. The zero-order valence-electron chi connectivity index (χ0n) is 8.55. The van der Waals surface area contributed by atoms with Crippen LogP contribution in [0.15, 0.2) is 23.2 Å². The maximum absolute atomic E-state index is 6.04. The van der Waals surface area contributed by atoms with Gasteiger partial charge in [0.2, 0.25) is 0 Å². The Morgan fingerprint density at radius 1 is 1.40 bits per heavy atom. The second-order valence-electron chi connectivity index (χ2n) is 2.77. The summed E-state index contributed by atoms with van der Waals surface area (Å²) in [4.78, 5) is 4.06. The largest absolute Gasteiger partial charge is 0.368 e. The molecule has 0 unspecified atom stereocenters. The molecule has 0 aliphatic carbocycles. The van der Waals surface area contributed by atoms with Crippen LogP contribution in [0.5, 0.6) is 0 Å². The molecule has 15 heavy (non-hydrogen) atoms. The van der Waals surface area contributed by atoms with Crippen LogP contribution in [0.2, 0.25) is 10.0 Å². The summed E-state index contributed by atoms with van der Waals surface area (Å²) in [6.45, 7) is 0. The molecule has 2 nitrogen and oxygen atoms in total. The third-order valence-corrected chi connectivity index (χ3v) is 3.63. The van der Waals surface area contributed by atoms with E-state index in [0.29, 0.717) is 15.8 Å². The lowest BCUT2D eigenvalue weighted by atomic mass is 10.2. The van der Waals surface area contributed by atoms with E-state index in [1.807, 2.05) is 25.2 Å². The molecule has 0 aliphatic heterocycles. The minimum Gasteiger partial charge on any atom is -0.368 e. The molecule has 0 saturated carbocycles. The highest BCUT2D eigenvalue weighted by atomic mass is 35.5. The molecule has 5 heteroatoms. The maximum Gasteiger partial charge on any atom is 0.156 e. The summed E-state index contributed by atoms with van der Waals surface area (Å²) >= 11 is 13.7. The van der Waals surface area contributed by atoms with Crippen molar-refractivity contribution in [3.05, 3.63) is 33.8 Å². The highest BCUT2D eigenvalue weighted by Gasteiger charge is 2.06.